The van der Waals surface area contributed by atoms with Crippen LogP contribution in [0.15, 0.2) is 60.7 Å². The van der Waals surface area contributed by atoms with Crippen LogP contribution in [0.2, 0.25) is 0 Å². The first-order valence-electron chi connectivity index (χ1n) is 9.60. The summed E-state index contributed by atoms with van der Waals surface area (Å²) in [4.78, 5) is 11.7. The van der Waals surface area contributed by atoms with Gasteiger partial charge in [0.05, 0.1) is 25.5 Å². The number of methoxy groups -OCH3 is 2. The molecule has 2 N–H and O–H groups in total. The number of esters is 1. The molecule has 5 nitrogen and oxygen atoms in total. The average Bonchev–Trinajstić information content (AvgIpc) is 2.81. The van der Waals surface area contributed by atoms with Gasteiger partial charge in [-0.05, 0) is 59.5 Å². The van der Waals surface area contributed by atoms with Crippen molar-refractivity contribution < 1.29 is 23.9 Å². The van der Waals surface area contributed by atoms with Gasteiger partial charge in [-0.25, -0.2) is 9.18 Å². The number of carbonyl (C=O) groups excluding carboxylic acids is 1. The Morgan fingerprint density at radius 1 is 1.00 bits per heavy atom. The van der Waals surface area contributed by atoms with Crippen LogP contribution in [0, 0.1) is 5.82 Å². The lowest BCUT2D eigenvalue weighted by Gasteiger charge is -2.13. The average molecular weight is 411 g/mol. The van der Waals surface area contributed by atoms with Gasteiger partial charge in [-0.3, -0.25) is 10.7 Å². The maximum atomic E-state index is 13.9. The highest BCUT2D eigenvalue weighted by Gasteiger charge is 2.14. The van der Waals surface area contributed by atoms with Crippen LogP contribution in [0.5, 0.6) is 5.75 Å². The van der Waals surface area contributed by atoms with E-state index in [9.17, 15) is 9.18 Å². The molecule has 0 aliphatic rings. The van der Waals surface area contributed by atoms with Crippen molar-refractivity contribution in [3.63, 3.8) is 0 Å². The highest BCUT2D eigenvalue weighted by Crippen LogP contribution is 2.33. The minimum atomic E-state index is -0.705. The van der Waals surface area contributed by atoms with E-state index in [4.69, 9.17) is 9.94 Å². The van der Waals surface area contributed by atoms with Crippen LogP contribution in [0.3, 0.4) is 0 Å². The smallest absolute Gasteiger partial charge is 0.340 e. The van der Waals surface area contributed by atoms with Crippen molar-refractivity contribution in [1.29, 1.82) is 0 Å². The van der Waals surface area contributed by atoms with Gasteiger partial charge in [-0.1, -0.05) is 38.1 Å². The van der Waals surface area contributed by atoms with Crippen molar-refractivity contribution in [1.82, 2.24) is 0 Å². The molecule has 0 aliphatic heterocycles. The molecule has 0 aromatic heterocycles. The number of hydrogen-bond acceptors (Lipinski definition) is 5. The molecular weight excluding hydrogens is 385 g/mol. The standard InChI is InChI=1S/C22H20FNO4.C2H6/c1-27-21-9-7-15(11-18(21)16-4-3-5-17(13-16)24-26)10-14-6-8-20(23)19(12-14)22(25)28-2;1-2/h3-9,11-13,24,26H,10H2,1-2H3;1-2H3. The first-order chi connectivity index (χ1) is 14.5. The normalized spacial score (nSPS) is 9.93. The predicted molar refractivity (Wildman–Crippen MR) is 116 cm³/mol. The Balaban J connectivity index is 0.00000155. The predicted octanol–water partition coefficient (Wildman–Crippen LogP) is 5.71. The fourth-order valence-electron chi connectivity index (χ4n) is 3.03. The summed E-state index contributed by atoms with van der Waals surface area (Å²) >= 11 is 0. The van der Waals surface area contributed by atoms with E-state index in [0.717, 1.165) is 22.3 Å². The maximum Gasteiger partial charge on any atom is 0.340 e. The van der Waals surface area contributed by atoms with Gasteiger partial charge in [0.15, 0.2) is 0 Å². The number of benzene rings is 3. The van der Waals surface area contributed by atoms with Gasteiger partial charge in [0.25, 0.3) is 0 Å². The van der Waals surface area contributed by atoms with Gasteiger partial charge in [0.1, 0.15) is 11.6 Å². The fourth-order valence-corrected chi connectivity index (χ4v) is 3.03. The molecule has 0 aliphatic carbocycles. The summed E-state index contributed by atoms with van der Waals surface area (Å²) in [7, 11) is 2.81. The highest BCUT2D eigenvalue weighted by atomic mass is 19.1. The number of ether oxygens (including phenoxy) is 2. The van der Waals surface area contributed by atoms with E-state index in [-0.39, 0.29) is 5.56 Å². The molecule has 0 saturated carbocycles. The summed E-state index contributed by atoms with van der Waals surface area (Å²) in [6, 6.07) is 17.4. The van der Waals surface area contributed by atoms with E-state index in [1.807, 2.05) is 44.2 Å². The topological polar surface area (TPSA) is 67.8 Å². The van der Waals surface area contributed by atoms with Crippen LogP contribution >= 0.6 is 0 Å². The molecule has 30 heavy (non-hydrogen) atoms. The lowest BCUT2D eigenvalue weighted by atomic mass is 9.97. The number of anilines is 1. The quantitative estimate of drug-likeness (QED) is 0.402. The van der Waals surface area contributed by atoms with E-state index in [0.29, 0.717) is 17.9 Å². The minimum Gasteiger partial charge on any atom is -0.496 e. The van der Waals surface area contributed by atoms with Crippen molar-refractivity contribution >= 4 is 11.7 Å². The third kappa shape index (κ3) is 5.36. The minimum absolute atomic E-state index is 0.0875. The largest absolute Gasteiger partial charge is 0.496 e. The third-order valence-electron chi connectivity index (χ3n) is 4.41. The number of nitrogens with one attached hydrogen (secondary N) is 1. The van der Waals surface area contributed by atoms with E-state index < -0.39 is 11.8 Å². The Bertz CT molecular complexity index is 1000. The molecule has 0 heterocycles. The van der Waals surface area contributed by atoms with Crippen molar-refractivity contribution in [2.75, 3.05) is 19.7 Å². The molecule has 0 bridgehead atoms. The van der Waals surface area contributed by atoms with Crippen molar-refractivity contribution in [3.8, 4) is 16.9 Å². The summed E-state index contributed by atoms with van der Waals surface area (Å²) in [5.74, 6) is -0.629. The molecule has 3 aromatic rings. The van der Waals surface area contributed by atoms with E-state index >= 15 is 0 Å². The van der Waals surface area contributed by atoms with E-state index in [1.165, 1.54) is 19.2 Å². The van der Waals surface area contributed by atoms with Crippen LogP contribution in [-0.2, 0) is 11.2 Å². The van der Waals surface area contributed by atoms with Crippen molar-refractivity contribution in [3.05, 3.63) is 83.2 Å². The zero-order chi connectivity index (χ0) is 22.1. The van der Waals surface area contributed by atoms with Crippen LogP contribution < -0.4 is 10.2 Å². The van der Waals surface area contributed by atoms with Gasteiger partial charge < -0.3 is 9.47 Å². The number of halogens is 1. The van der Waals surface area contributed by atoms with E-state index in [2.05, 4.69) is 10.2 Å². The highest BCUT2D eigenvalue weighted by molar-refractivity contribution is 5.89. The zero-order valence-electron chi connectivity index (χ0n) is 17.5. The summed E-state index contributed by atoms with van der Waals surface area (Å²) in [6.07, 6.45) is 0.499. The lowest BCUT2D eigenvalue weighted by Crippen LogP contribution is -2.05. The molecule has 158 valence electrons. The molecule has 0 radical (unpaired) electrons. The molecular formula is C24H26FNO4. The monoisotopic (exact) mass is 411 g/mol. The fraction of sp³-hybridized carbons (Fsp3) is 0.208. The molecule has 0 amide bonds. The Hall–Kier alpha value is -3.38. The Morgan fingerprint density at radius 2 is 1.70 bits per heavy atom. The van der Waals surface area contributed by atoms with Crippen LogP contribution in [0.1, 0.15) is 35.3 Å². The molecule has 0 saturated heterocycles. The molecule has 0 unspecified atom stereocenters. The number of hydrogen-bond donors (Lipinski definition) is 2. The first-order valence-corrected chi connectivity index (χ1v) is 9.60. The van der Waals surface area contributed by atoms with Crippen LogP contribution in [-0.4, -0.2) is 25.4 Å². The summed E-state index contributed by atoms with van der Waals surface area (Å²) < 4.78 is 24.0. The Kier molecular flexibility index (Phi) is 8.38. The van der Waals surface area contributed by atoms with Gasteiger partial charge in [-0.15, -0.1) is 0 Å². The first kappa shape index (κ1) is 22.9. The van der Waals surface area contributed by atoms with Crippen LogP contribution in [0.4, 0.5) is 10.1 Å². The Morgan fingerprint density at radius 3 is 2.37 bits per heavy atom. The van der Waals surface area contributed by atoms with Gasteiger partial charge in [0.2, 0.25) is 0 Å². The molecule has 0 spiro atoms. The summed E-state index contributed by atoms with van der Waals surface area (Å²) in [6.45, 7) is 4.00. The lowest BCUT2D eigenvalue weighted by molar-refractivity contribution is 0.0595. The van der Waals surface area contributed by atoms with Gasteiger partial charge >= 0.3 is 5.97 Å². The number of rotatable bonds is 6. The van der Waals surface area contributed by atoms with Crippen molar-refractivity contribution in [2.45, 2.75) is 20.3 Å². The second-order valence-electron chi connectivity index (χ2n) is 6.21. The second-order valence-corrected chi connectivity index (χ2v) is 6.21. The molecule has 0 atom stereocenters. The molecule has 3 aromatic carbocycles. The molecule has 3 rings (SSSR count). The molecule has 6 heteroatoms. The van der Waals surface area contributed by atoms with Crippen LogP contribution in [0.25, 0.3) is 11.1 Å². The van der Waals surface area contributed by atoms with Gasteiger partial charge in [0, 0.05) is 5.56 Å². The number of carbonyl (C=O) groups is 1. The second kappa shape index (κ2) is 11.0. The van der Waals surface area contributed by atoms with Gasteiger partial charge in [-0.2, -0.15) is 0 Å². The van der Waals surface area contributed by atoms with Crippen molar-refractivity contribution in [2.24, 2.45) is 0 Å². The Labute approximate surface area is 176 Å². The summed E-state index contributed by atoms with van der Waals surface area (Å²) in [5, 5.41) is 9.15. The third-order valence-corrected chi connectivity index (χ3v) is 4.41. The summed E-state index contributed by atoms with van der Waals surface area (Å²) in [5.41, 5.74) is 6.07. The van der Waals surface area contributed by atoms with E-state index in [1.54, 1.807) is 25.3 Å². The molecule has 0 fully saturated rings. The zero-order valence-corrected chi connectivity index (χ0v) is 17.5. The SMILES string of the molecule is CC.COC(=O)c1cc(Cc2ccc(OC)c(-c3cccc(NO)c3)c2)ccc1F. The maximum absolute atomic E-state index is 13.9.